The highest BCUT2D eigenvalue weighted by Crippen LogP contribution is 2.29. The van der Waals surface area contributed by atoms with Crippen molar-refractivity contribution in [2.75, 3.05) is 19.8 Å². The standard InChI is InChI=1S/C12H12F3NO4/c13-12(14,15)9-3-1-8(2-4-9)10(17)7-19-5-6-20-11(16)18/h1-4H,5-7H2,(H2,16,18). The number of alkyl halides is 3. The minimum Gasteiger partial charge on any atom is -0.447 e. The summed E-state index contributed by atoms with van der Waals surface area (Å²) in [7, 11) is 0. The molecule has 0 radical (unpaired) electrons. The Morgan fingerprint density at radius 3 is 2.20 bits per heavy atom. The van der Waals surface area contributed by atoms with Crippen LogP contribution in [0.15, 0.2) is 24.3 Å². The first-order valence-corrected chi connectivity index (χ1v) is 5.51. The highest BCUT2D eigenvalue weighted by molar-refractivity contribution is 5.97. The zero-order valence-electron chi connectivity index (χ0n) is 10.3. The molecule has 1 rings (SSSR count). The number of hydrogen-bond donors (Lipinski definition) is 1. The third kappa shape index (κ3) is 5.27. The number of primary amides is 1. The van der Waals surface area contributed by atoms with Crippen LogP contribution in [-0.2, 0) is 15.7 Å². The average Bonchev–Trinajstić information content (AvgIpc) is 2.37. The number of benzene rings is 1. The second-order valence-corrected chi connectivity index (χ2v) is 3.72. The summed E-state index contributed by atoms with van der Waals surface area (Å²) in [6, 6.07) is 3.80. The Hall–Kier alpha value is -2.09. The minimum atomic E-state index is -4.44. The van der Waals surface area contributed by atoms with Gasteiger partial charge in [-0.2, -0.15) is 13.2 Å². The summed E-state index contributed by atoms with van der Waals surface area (Å²) < 4.78 is 46.2. The lowest BCUT2D eigenvalue weighted by atomic mass is 10.1. The van der Waals surface area contributed by atoms with E-state index in [4.69, 9.17) is 10.5 Å². The predicted molar refractivity (Wildman–Crippen MR) is 62.1 cm³/mol. The monoisotopic (exact) mass is 291 g/mol. The SMILES string of the molecule is NC(=O)OCCOCC(=O)c1ccc(C(F)(F)F)cc1. The number of carbonyl (C=O) groups excluding carboxylic acids is 2. The Labute approximate surface area is 112 Å². The van der Waals surface area contributed by atoms with Gasteiger partial charge in [-0.3, -0.25) is 4.79 Å². The number of nitrogens with two attached hydrogens (primary N) is 1. The Morgan fingerprint density at radius 2 is 1.70 bits per heavy atom. The number of hydrogen-bond acceptors (Lipinski definition) is 4. The molecule has 0 aliphatic heterocycles. The Kier molecular flexibility index (Phi) is 5.51. The van der Waals surface area contributed by atoms with Gasteiger partial charge in [-0.05, 0) is 12.1 Å². The fourth-order valence-corrected chi connectivity index (χ4v) is 1.29. The van der Waals surface area contributed by atoms with Gasteiger partial charge in [0.1, 0.15) is 13.2 Å². The summed E-state index contributed by atoms with van der Waals surface area (Å²) in [6.07, 6.45) is -5.40. The number of ketones is 1. The highest BCUT2D eigenvalue weighted by atomic mass is 19.4. The van der Waals surface area contributed by atoms with E-state index in [1.165, 1.54) is 0 Å². The number of rotatable bonds is 6. The van der Waals surface area contributed by atoms with Crippen LogP contribution in [0.4, 0.5) is 18.0 Å². The summed E-state index contributed by atoms with van der Waals surface area (Å²) in [4.78, 5) is 21.8. The molecule has 2 N–H and O–H groups in total. The van der Waals surface area contributed by atoms with Crippen molar-refractivity contribution in [2.45, 2.75) is 6.18 Å². The molecule has 0 spiro atoms. The fraction of sp³-hybridized carbons (Fsp3) is 0.333. The maximum absolute atomic E-state index is 12.3. The lowest BCUT2D eigenvalue weighted by Gasteiger charge is -2.07. The van der Waals surface area contributed by atoms with Crippen LogP contribution < -0.4 is 5.73 Å². The van der Waals surface area contributed by atoms with Gasteiger partial charge in [0.15, 0.2) is 5.78 Å². The summed E-state index contributed by atoms with van der Waals surface area (Å²) >= 11 is 0. The lowest BCUT2D eigenvalue weighted by Crippen LogP contribution is -2.18. The van der Waals surface area contributed by atoms with Crippen LogP contribution in [-0.4, -0.2) is 31.7 Å². The first-order chi connectivity index (χ1) is 9.30. The lowest BCUT2D eigenvalue weighted by molar-refractivity contribution is -0.137. The molecule has 0 aliphatic carbocycles. The van der Waals surface area contributed by atoms with Crippen molar-refractivity contribution >= 4 is 11.9 Å². The van der Waals surface area contributed by atoms with E-state index in [2.05, 4.69) is 4.74 Å². The minimum absolute atomic E-state index is 0.0324. The molecule has 0 saturated carbocycles. The molecule has 0 atom stereocenters. The van der Waals surface area contributed by atoms with E-state index in [1.54, 1.807) is 0 Å². The largest absolute Gasteiger partial charge is 0.447 e. The van der Waals surface area contributed by atoms with Crippen molar-refractivity contribution in [2.24, 2.45) is 5.73 Å². The normalized spacial score (nSPS) is 11.2. The molecule has 1 aromatic carbocycles. The number of halogens is 3. The van der Waals surface area contributed by atoms with Crippen LogP contribution in [0.2, 0.25) is 0 Å². The second-order valence-electron chi connectivity index (χ2n) is 3.72. The number of amides is 1. The van der Waals surface area contributed by atoms with Gasteiger partial charge in [-0.1, -0.05) is 12.1 Å². The van der Waals surface area contributed by atoms with Gasteiger partial charge in [-0.25, -0.2) is 4.79 Å². The molecule has 1 aromatic rings. The topological polar surface area (TPSA) is 78.6 Å². The van der Waals surface area contributed by atoms with Gasteiger partial charge in [0, 0.05) is 5.56 Å². The van der Waals surface area contributed by atoms with Gasteiger partial charge < -0.3 is 15.2 Å². The van der Waals surface area contributed by atoms with Crippen LogP contribution in [0, 0.1) is 0 Å². The van der Waals surface area contributed by atoms with Crippen molar-refractivity contribution in [3.8, 4) is 0 Å². The molecule has 110 valence electrons. The van der Waals surface area contributed by atoms with Crippen LogP contribution in [0.3, 0.4) is 0 Å². The van der Waals surface area contributed by atoms with E-state index >= 15 is 0 Å². The first-order valence-electron chi connectivity index (χ1n) is 5.51. The summed E-state index contributed by atoms with van der Waals surface area (Å²) in [5.74, 6) is -0.474. The van der Waals surface area contributed by atoms with Crippen molar-refractivity contribution < 1.29 is 32.2 Å². The fourth-order valence-electron chi connectivity index (χ4n) is 1.29. The molecule has 5 nitrogen and oxygen atoms in total. The van der Waals surface area contributed by atoms with E-state index in [-0.39, 0.29) is 25.4 Å². The summed E-state index contributed by atoms with van der Waals surface area (Å²) in [5.41, 5.74) is 3.98. The molecule has 0 fully saturated rings. The van der Waals surface area contributed by atoms with Crippen molar-refractivity contribution in [1.29, 1.82) is 0 Å². The molecular weight excluding hydrogens is 279 g/mol. The second kappa shape index (κ2) is 6.90. The van der Waals surface area contributed by atoms with E-state index < -0.39 is 23.6 Å². The van der Waals surface area contributed by atoms with Crippen molar-refractivity contribution in [3.63, 3.8) is 0 Å². The summed E-state index contributed by atoms with van der Waals surface area (Å²) in [6.45, 7) is -0.460. The van der Waals surface area contributed by atoms with E-state index in [0.717, 1.165) is 24.3 Å². The highest BCUT2D eigenvalue weighted by Gasteiger charge is 2.30. The predicted octanol–water partition coefficient (Wildman–Crippen LogP) is 2.00. The van der Waals surface area contributed by atoms with Gasteiger partial charge in [0.05, 0.1) is 12.2 Å². The third-order valence-corrected chi connectivity index (χ3v) is 2.24. The molecule has 1 amide bonds. The maximum Gasteiger partial charge on any atom is 0.416 e. The molecule has 0 unspecified atom stereocenters. The van der Waals surface area contributed by atoms with Gasteiger partial charge >= 0.3 is 12.3 Å². The quantitative estimate of drug-likeness (QED) is 0.642. The number of Topliss-reactive ketones (excluding diaryl/α,β-unsaturated/α-hetero) is 1. The first kappa shape index (κ1) is 16.0. The zero-order chi connectivity index (χ0) is 15.2. The molecule has 0 aromatic heterocycles. The van der Waals surface area contributed by atoms with E-state index in [9.17, 15) is 22.8 Å². The third-order valence-electron chi connectivity index (χ3n) is 2.24. The van der Waals surface area contributed by atoms with Crippen LogP contribution in [0.25, 0.3) is 0 Å². The van der Waals surface area contributed by atoms with Crippen LogP contribution >= 0.6 is 0 Å². The smallest absolute Gasteiger partial charge is 0.416 e. The van der Waals surface area contributed by atoms with Gasteiger partial charge in [0.2, 0.25) is 0 Å². The van der Waals surface area contributed by atoms with Crippen molar-refractivity contribution in [1.82, 2.24) is 0 Å². The number of ether oxygens (including phenoxy) is 2. The molecule has 8 heteroatoms. The van der Waals surface area contributed by atoms with E-state index in [0.29, 0.717) is 0 Å². The van der Waals surface area contributed by atoms with Crippen LogP contribution in [0.5, 0.6) is 0 Å². The molecule has 0 bridgehead atoms. The number of carbonyl (C=O) groups is 2. The molecule has 0 saturated heterocycles. The Morgan fingerprint density at radius 1 is 1.10 bits per heavy atom. The Bertz CT molecular complexity index is 471. The van der Waals surface area contributed by atoms with Crippen molar-refractivity contribution in [3.05, 3.63) is 35.4 Å². The maximum atomic E-state index is 12.3. The molecule has 0 aliphatic rings. The van der Waals surface area contributed by atoms with Gasteiger partial charge in [0.25, 0.3) is 0 Å². The summed E-state index contributed by atoms with van der Waals surface area (Å²) in [5, 5.41) is 0. The molecule has 0 heterocycles. The van der Waals surface area contributed by atoms with Gasteiger partial charge in [-0.15, -0.1) is 0 Å². The Balaban J connectivity index is 2.42. The molecule has 20 heavy (non-hydrogen) atoms. The molecular formula is C12H12F3NO4. The van der Waals surface area contributed by atoms with E-state index in [1.807, 2.05) is 0 Å². The van der Waals surface area contributed by atoms with Crippen LogP contribution in [0.1, 0.15) is 15.9 Å². The zero-order valence-corrected chi connectivity index (χ0v) is 10.3. The average molecular weight is 291 g/mol.